The van der Waals surface area contributed by atoms with Crippen LogP contribution in [0, 0.1) is 0 Å². The van der Waals surface area contributed by atoms with Crippen LogP contribution in [0.2, 0.25) is 5.02 Å². The van der Waals surface area contributed by atoms with Crippen molar-refractivity contribution in [2.45, 2.75) is 0 Å². The lowest BCUT2D eigenvalue weighted by Gasteiger charge is -2.15. The molecular formula is C19H23ClN2O3. The van der Waals surface area contributed by atoms with Gasteiger partial charge in [-0.05, 0) is 48.2 Å². The number of hydrogen-bond donors (Lipinski definition) is 1. The molecule has 0 radical (unpaired) electrons. The molecule has 2 aromatic rings. The molecule has 0 saturated heterocycles. The van der Waals surface area contributed by atoms with Gasteiger partial charge < -0.3 is 24.8 Å². The Balaban J connectivity index is 1.87. The number of nitrogens with two attached hydrogens (primary N) is 1. The van der Waals surface area contributed by atoms with Crippen LogP contribution in [0.5, 0.6) is 17.2 Å². The van der Waals surface area contributed by atoms with Crippen molar-refractivity contribution in [3.63, 3.8) is 0 Å². The van der Waals surface area contributed by atoms with Crippen molar-refractivity contribution < 1.29 is 14.2 Å². The zero-order chi connectivity index (χ0) is 18.2. The maximum absolute atomic E-state index is 6.08. The van der Waals surface area contributed by atoms with Gasteiger partial charge in [0, 0.05) is 12.7 Å². The molecule has 134 valence electrons. The van der Waals surface area contributed by atoms with E-state index in [4.69, 9.17) is 31.5 Å². The van der Waals surface area contributed by atoms with E-state index in [1.165, 1.54) is 0 Å². The standard InChI is InChI=1S/C19H23ClN2O3/c1-22(10-11-25-17-7-5-15(21)13-16(17)20)9-8-14-4-6-18(23-2)19(12-14)24-3/h4-9,12-13H,10-11,21H2,1-3H3. The highest BCUT2D eigenvalue weighted by atomic mass is 35.5. The van der Waals surface area contributed by atoms with Crippen molar-refractivity contribution in [3.05, 3.63) is 53.2 Å². The maximum Gasteiger partial charge on any atom is 0.161 e. The van der Waals surface area contributed by atoms with Crippen LogP contribution in [-0.2, 0) is 0 Å². The Morgan fingerprint density at radius 3 is 2.44 bits per heavy atom. The first-order valence-electron chi connectivity index (χ1n) is 7.81. The molecule has 0 aromatic heterocycles. The summed E-state index contributed by atoms with van der Waals surface area (Å²) in [5.74, 6) is 2.04. The van der Waals surface area contributed by atoms with E-state index in [1.807, 2.05) is 42.4 Å². The lowest BCUT2D eigenvalue weighted by molar-refractivity contribution is 0.274. The first-order chi connectivity index (χ1) is 12.0. The molecule has 5 nitrogen and oxygen atoms in total. The van der Waals surface area contributed by atoms with Crippen LogP contribution in [-0.4, -0.2) is 39.3 Å². The van der Waals surface area contributed by atoms with Crippen LogP contribution in [0.4, 0.5) is 5.69 Å². The summed E-state index contributed by atoms with van der Waals surface area (Å²) in [4.78, 5) is 2.03. The summed E-state index contributed by atoms with van der Waals surface area (Å²) in [6, 6.07) is 11.0. The van der Waals surface area contributed by atoms with E-state index in [2.05, 4.69) is 0 Å². The number of hydrogen-bond acceptors (Lipinski definition) is 5. The Labute approximate surface area is 153 Å². The van der Waals surface area contributed by atoms with Gasteiger partial charge in [0.05, 0.1) is 25.8 Å². The molecule has 0 unspecified atom stereocenters. The number of anilines is 1. The molecule has 0 bridgehead atoms. The minimum Gasteiger partial charge on any atom is -0.493 e. The van der Waals surface area contributed by atoms with Crippen molar-refractivity contribution in [2.75, 3.05) is 40.2 Å². The van der Waals surface area contributed by atoms with Gasteiger partial charge in [-0.15, -0.1) is 0 Å². The van der Waals surface area contributed by atoms with E-state index >= 15 is 0 Å². The number of methoxy groups -OCH3 is 2. The van der Waals surface area contributed by atoms with Crippen molar-refractivity contribution in [1.82, 2.24) is 4.90 Å². The van der Waals surface area contributed by atoms with Gasteiger partial charge in [0.1, 0.15) is 12.4 Å². The molecule has 2 rings (SSSR count). The Morgan fingerprint density at radius 2 is 1.76 bits per heavy atom. The zero-order valence-corrected chi connectivity index (χ0v) is 15.4. The molecule has 0 aliphatic heterocycles. The molecule has 0 atom stereocenters. The van der Waals surface area contributed by atoms with Crippen molar-refractivity contribution in [1.29, 1.82) is 0 Å². The quantitative estimate of drug-likeness (QED) is 0.721. The summed E-state index contributed by atoms with van der Waals surface area (Å²) in [6.45, 7) is 1.22. The monoisotopic (exact) mass is 362 g/mol. The van der Waals surface area contributed by atoms with Crippen molar-refractivity contribution in [2.24, 2.45) is 0 Å². The summed E-state index contributed by atoms with van der Waals surface area (Å²) in [5.41, 5.74) is 7.30. The van der Waals surface area contributed by atoms with E-state index in [9.17, 15) is 0 Å². The third-order valence-electron chi connectivity index (χ3n) is 3.59. The van der Waals surface area contributed by atoms with Gasteiger partial charge in [0.2, 0.25) is 0 Å². The van der Waals surface area contributed by atoms with E-state index in [0.29, 0.717) is 41.1 Å². The van der Waals surface area contributed by atoms with Crippen LogP contribution < -0.4 is 19.9 Å². The summed E-state index contributed by atoms with van der Waals surface area (Å²) in [6.07, 6.45) is 3.98. The van der Waals surface area contributed by atoms with Gasteiger partial charge in [-0.25, -0.2) is 0 Å². The SMILES string of the molecule is COc1ccc(C=CN(C)CCOc2ccc(N)cc2Cl)cc1OC. The third-order valence-corrected chi connectivity index (χ3v) is 3.88. The molecular weight excluding hydrogens is 340 g/mol. The molecule has 2 N–H and O–H groups in total. The van der Waals surface area contributed by atoms with Gasteiger partial charge in [-0.3, -0.25) is 0 Å². The maximum atomic E-state index is 6.08. The van der Waals surface area contributed by atoms with Crippen LogP contribution >= 0.6 is 11.6 Å². The average Bonchev–Trinajstić information content (AvgIpc) is 2.61. The van der Waals surface area contributed by atoms with Crippen molar-refractivity contribution in [3.8, 4) is 17.2 Å². The summed E-state index contributed by atoms with van der Waals surface area (Å²) in [5, 5.41) is 0.517. The molecule has 25 heavy (non-hydrogen) atoms. The number of rotatable bonds is 8. The lowest BCUT2D eigenvalue weighted by atomic mass is 10.2. The van der Waals surface area contributed by atoms with E-state index in [0.717, 1.165) is 5.56 Å². The highest BCUT2D eigenvalue weighted by Gasteiger charge is 2.04. The van der Waals surface area contributed by atoms with Gasteiger partial charge >= 0.3 is 0 Å². The fraction of sp³-hybridized carbons (Fsp3) is 0.263. The second-order valence-corrected chi connectivity index (χ2v) is 5.86. The Bertz CT molecular complexity index is 735. The average molecular weight is 363 g/mol. The number of ether oxygens (including phenoxy) is 3. The fourth-order valence-electron chi connectivity index (χ4n) is 2.18. The zero-order valence-electron chi connectivity index (χ0n) is 14.7. The van der Waals surface area contributed by atoms with E-state index in [1.54, 1.807) is 32.4 Å². The Kier molecular flexibility index (Phi) is 6.83. The topological polar surface area (TPSA) is 57.0 Å². The smallest absolute Gasteiger partial charge is 0.161 e. The number of nitrogen functional groups attached to an aromatic ring is 1. The molecule has 0 fully saturated rings. The Hall–Kier alpha value is -2.53. The largest absolute Gasteiger partial charge is 0.493 e. The molecule has 0 amide bonds. The molecule has 0 spiro atoms. The highest BCUT2D eigenvalue weighted by molar-refractivity contribution is 6.32. The minimum absolute atomic E-state index is 0.510. The van der Waals surface area contributed by atoms with Crippen LogP contribution in [0.25, 0.3) is 6.08 Å². The first-order valence-corrected chi connectivity index (χ1v) is 8.19. The molecule has 2 aromatic carbocycles. The third kappa shape index (κ3) is 5.50. The van der Waals surface area contributed by atoms with E-state index in [-0.39, 0.29) is 0 Å². The number of benzene rings is 2. The summed E-state index contributed by atoms with van der Waals surface area (Å²) >= 11 is 6.08. The van der Waals surface area contributed by atoms with Gasteiger partial charge in [-0.1, -0.05) is 17.7 Å². The van der Waals surface area contributed by atoms with Crippen LogP contribution in [0.1, 0.15) is 5.56 Å². The molecule has 6 heteroatoms. The van der Waals surface area contributed by atoms with Gasteiger partial charge in [-0.2, -0.15) is 0 Å². The fourth-order valence-corrected chi connectivity index (χ4v) is 2.42. The Morgan fingerprint density at radius 1 is 1.04 bits per heavy atom. The number of nitrogens with zero attached hydrogens (tertiary/aromatic N) is 1. The second-order valence-electron chi connectivity index (χ2n) is 5.45. The van der Waals surface area contributed by atoms with Gasteiger partial charge in [0.25, 0.3) is 0 Å². The molecule has 0 saturated carbocycles. The first kappa shape index (κ1) is 18.8. The predicted molar refractivity (Wildman–Crippen MR) is 103 cm³/mol. The predicted octanol–water partition coefficient (Wildman–Crippen LogP) is 3.92. The number of likely N-dealkylation sites (N-methyl/N-ethyl adjacent to an activating group) is 1. The second kappa shape index (κ2) is 9.08. The highest BCUT2D eigenvalue weighted by Crippen LogP contribution is 2.28. The van der Waals surface area contributed by atoms with Gasteiger partial charge in [0.15, 0.2) is 11.5 Å². The molecule has 0 heterocycles. The van der Waals surface area contributed by atoms with E-state index < -0.39 is 0 Å². The van der Waals surface area contributed by atoms with Crippen LogP contribution in [0.15, 0.2) is 42.6 Å². The lowest BCUT2D eigenvalue weighted by Crippen LogP contribution is -2.18. The number of halogens is 1. The summed E-state index contributed by atoms with van der Waals surface area (Å²) < 4.78 is 16.2. The minimum atomic E-state index is 0.510. The molecule has 0 aliphatic rings. The van der Waals surface area contributed by atoms with Crippen LogP contribution in [0.3, 0.4) is 0 Å². The summed E-state index contributed by atoms with van der Waals surface area (Å²) in [7, 11) is 5.22. The van der Waals surface area contributed by atoms with Crippen molar-refractivity contribution >= 4 is 23.4 Å². The molecule has 0 aliphatic carbocycles. The normalized spacial score (nSPS) is 10.7.